The van der Waals surface area contributed by atoms with Crippen LogP contribution in [0.3, 0.4) is 0 Å². The van der Waals surface area contributed by atoms with Crippen molar-refractivity contribution in [3.8, 4) is 17.2 Å². The van der Waals surface area contributed by atoms with Crippen molar-refractivity contribution in [3.63, 3.8) is 0 Å². The fourth-order valence-corrected chi connectivity index (χ4v) is 4.63. The summed E-state index contributed by atoms with van der Waals surface area (Å²) in [6.07, 6.45) is 0.652. The third-order valence-corrected chi connectivity index (χ3v) is 6.56. The Hall–Kier alpha value is -3.78. The molecular weight excluding hydrogens is 462 g/mol. The number of fused-ring (bicyclic) bond motifs is 1. The molecule has 8 heteroatoms. The normalized spacial score (nSPS) is 10.8. The van der Waals surface area contributed by atoms with Crippen LogP contribution < -0.4 is 20.3 Å². The quantitative estimate of drug-likeness (QED) is 0.281. The maximum Gasteiger partial charge on any atom is 0.266 e. The van der Waals surface area contributed by atoms with E-state index in [4.69, 9.17) is 14.5 Å². The van der Waals surface area contributed by atoms with E-state index in [1.54, 1.807) is 24.9 Å². The Balaban J connectivity index is 1.48. The summed E-state index contributed by atoms with van der Waals surface area (Å²) >= 11 is 1.25. The number of methoxy groups -OCH3 is 2. The fraction of sp³-hybridized carbons (Fsp3) is 0.222. The molecule has 0 unspecified atom stereocenters. The van der Waals surface area contributed by atoms with Crippen LogP contribution in [-0.4, -0.2) is 42.0 Å². The summed E-state index contributed by atoms with van der Waals surface area (Å²) < 4.78 is 12.2. The number of hydrogen-bond donors (Lipinski definition) is 1. The number of para-hydroxylation sites is 2. The molecular formula is C27H27N3O4S. The third-order valence-electron chi connectivity index (χ3n) is 5.62. The number of aromatic nitrogens is 2. The van der Waals surface area contributed by atoms with Gasteiger partial charge >= 0.3 is 0 Å². The molecule has 1 heterocycles. The number of carbonyl (C=O) groups excluding carboxylic acids is 1. The van der Waals surface area contributed by atoms with E-state index in [0.717, 1.165) is 16.8 Å². The van der Waals surface area contributed by atoms with Gasteiger partial charge in [0.1, 0.15) is 0 Å². The Morgan fingerprint density at radius 1 is 1.00 bits per heavy atom. The van der Waals surface area contributed by atoms with Crippen molar-refractivity contribution in [2.75, 3.05) is 26.5 Å². The van der Waals surface area contributed by atoms with Gasteiger partial charge in [0.25, 0.3) is 5.56 Å². The summed E-state index contributed by atoms with van der Waals surface area (Å²) in [5.74, 6) is 1.33. The van der Waals surface area contributed by atoms with Crippen molar-refractivity contribution < 1.29 is 14.3 Å². The van der Waals surface area contributed by atoms with Crippen molar-refractivity contribution in [3.05, 3.63) is 88.2 Å². The van der Waals surface area contributed by atoms with E-state index in [1.165, 1.54) is 11.8 Å². The summed E-state index contributed by atoms with van der Waals surface area (Å²) in [7, 11) is 3.19. The monoisotopic (exact) mass is 489 g/mol. The number of nitrogens with zero attached hydrogens (tertiary/aromatic N) is 2. The molecule has 0 radical (unpaired) electrons. The Labute approximate surface area is 208 Å². The summed E-state index contributed by atoms with van der Waals surface area (Å²) in [5, 5.41) is 3.97. The molecule has 4 aromatic rings. The maximum absolute atomic E-state index is 13.4. The lowest BCUT2D eigenvalue weighted by Crippen LogP contribution is -2.28. The van der Waals surface area contributed by atoms with Crippen molar-refractivity contribution in [1.82, 2.24) is 14.9 Å². The van der Waals surface area contributed by atoms with Gasteiger partial charge in [-0.1, -0.05) is 48.2 Å². The second kappa shape index (κ2) is 11.1. The Morgan fingerprint density at radius 3 is 2.51 bits per heavy atom. The van der Waals surface area contributed by atoms with E-state index < -0.39 is 0 Å². The number of carbonyl (C=O) groups is 1. The molecule has 0 aliphatic carbocycles. The number of thioether (sulfide) groups is 1. The first-order valence-corrected chi connectivity index (χ1v) is 12.2. The highest BCUT2D eigenvalue weighted by molar-refractivity contribution is 7.99. The molecule has 0 spiro atoms. The molecule has 0 aliphatic heterocycles. The van der Waals surface area contributed by atoms with E-state index >= 15 is 0 Å². The van der Waals surface area contributed by atoms with E-state index in [0.29, 0.717) is 40.5 Å². The topological polar surface area (TPSA) is 82.5 Å². The molecule has 0 bridgehead atoms. The van der Waals surface area contributed by atoms with Crippen LogP contribution in [0.1, 0.15) is 11.1 Å². The second-order valence-corrected chi connectivity index (χ2v) is 8.86. The minimum atomic E-state index is -0.152. The maximum atomic E-state index is 13.4. The van der Waals surface area contributed by atoms with Crippen LogP contribution in [0.4, 0.5) is 0 Å². The van der Waals surface area contributed by atoms with Gasteiger partial charge in [0.05, 0.1) is 36.6 Å². The molecule has 35 heavy (non-hydrogen) atoms. The number of rotatable bonds is 9. The highest BCUT2D eigenvalue weighted by atomic mass is 32.2. The molecule has 0 atom stereocenters. The number of aryl methyl sites for hydroxylation is 1. The van der Waals surface area contributed by atoms with Crippen LogP contribution >= 0.6 is 11.8 Å². The fourth-order valence-electron chi connectivity index (χ4n) is 3.80. The number of amides is 1. The van der Waals surface area contributed by atoms with Gasteiger partial charge in [0.2, 0.25) is 5.91 Å². The standard InChI is InChI=1S/C27H27N3O4S/c1-18-8-4-7-11-22(18)30-26(32)20-9-5-6-10-21(20)29-27(30)35-17-25(31)28-15-14-19-12-13-23(33-2)24(16-19)34-3/h4-13,16H,14-15,17H2,1-3H3,(H,28,31). The number of hydrogen-bond acceptors (Lipinski definition) is 6. The molecule has 1 N–H and O–H groups in total. The van der Waals surface area contributed by atoms with Gasteiger partial charge in [0, 0.05) is 6.54 Å². The van der Waals surface area contributed by atoms with Gasteiger partial charge in [-0.05, 0) is 54.8 Å². The summed E-state index contributed by atoms with van der Waals surface area (Å²) in [6, 6.07) is 20.6. The van der Waals surface area contributed by atoms with E-state index in [1.807, 2.05) is 67.6 Å². The lowest BCUT2D eigenvalue weighted by Gasteiger charge is -2.15. The number of nitrogens with one attached hydrogen (secondary N) is 1. The Kier molecular flexibility index (Phi) is 7.72. The zero-order valence-corrected chi connectivity index (χ0v) is 20.7. The van der Waals surface area contributed by atoms with Crippen LogP contribution in [-0.2, 0) is 11.2 Å². The molecule has 4 rings (SSSR count). The van der Waals surface area contributed by atoms with Crippen molar-refractivity contribution >= 4 is 28.6 Å². The minimum Gasteiger partial charge on any atom is -0.493 e. The zero-order valence-electron chi connectivity index (χ0n) is 19.9. The largest absolute Gasteiger partial charge is 0.493 e. The highest BCUT2D eigenvalue weighted by Gasteiger charge is 2.16. The molecule has 0 aliphatic rings. The summed E-state index contributed by atoms with van der Waals surface area (Å²) in [4.78, 5) is 30.7. The van der Waals surface area contributed by atoms with Crippen LogP contribution in [0.2, 0.25) is 0 Å². The molecule has 0 saturated heterocycles. The van der Waals surface area contributed by atoms with E-state index in [9.17, 15) is 9.59 Å². The summed E-state index contributed by atoms with van der Waals surface area (Å²) in [5.41, 5.74) is 3.19. The SMILES string of the molecule is COc1ccc(CCNC(=O)CSc2nc3ccccc3c(=O)n2-c2ccccc2C)cc1OC. The van der Waals surface area contributed by atoms with Crippen molar-refractivity contribution in [1.29, 1.82) is 0 Å². The van der Waals surface area contributed by atoms with E-state index in [-0.39, 0.29) is 17.2 Å². The smallest absolute Gasteiger partial charge is 0.266 e. The average molecular weight is 490 g/mol. The first-order chi connectivity index (χ1) is 17.0. The Morgan fingerprint density at radius 2 is 1.74 bits per heavy atom. The molecule has 0 saturated carbocycles. The number of ether oxygens (including phenoxy) is 2. The highest BCUT2D eigenvalue weighted by Crippen LogP contribution is 2.27. The minimum absolute atomic E-state index is 0.130. The van der Waals surface area contributed by atoms with Gasteiger partial charge in [-0.15, -0.1) is 0 Å². The second-order valence-electron chi connectivity index (χ2n) is 7.92. The van der Waals surface area contributed by atoms with Crippen LogP contribution in [0, 0.1) is 6.92 Å². The molecule has 7 nitrogen and oxygen atoms in total. The predicted octanol–water partition coefficient (Wildman–Crippen LogP) is 4.16. The average Bonchev–Trinajstić information content (AvgIpc) is 2.88. The first kappa shape index (κ1) is 24.3. The van der Waals surface area contributed by atoms with Gasteiger partial charge < -0.3 is 14.8 Å². The van der Waals surface area contributed by atoms with Crippen LogP contribution in [0.5, 0.6) is 11.5 Å². The lowest BCUT2D eigenvalue weighted by atomic mass is 10.1. The van der Waals surface area contributed by atoms with Gasteiger partial charge in [-0.3, -0.25) is 14.2 Å². The van der Waals surface area contributed by atoms with Crippen molar-refractivity contribution in [2.45, 2.75) is 18.5 Å². The molecule has 180 valence electrons. The molecule has 1 amide bonds. The zero-order chi connectivity index (χ0) is 24.8. The summed E-state index contributed by atoms with van der Waals surface area (Å²) in [6.45, 7) is 2.43. The molecule has 1 aromatic heterocycles. The van der Waals surface area contributed by atoms with Crippen molar-refractivity contribution in [2.24, 2.45) is 0 Å². The molecule has 0 fully saturated rings. The van der Waals surface area contributed by atoms with Crippen LogP contribution in [0.15, 0.2) is 76.7 Å². The van der Waals surface area contributed by atoms with Gasteiger partial charge in [0.15, 0.2) is 16.7 Å². The number of benzene rings is 3. The molecule has 3 aromatic carbocycles. The van der Waals surface area contributed by atoms with Gasteiger partial charge in [-0.2, -0.15) is 0 Å². The van der Waals surface area contributed by atoms with E-state index in [2.05, 4.69) is 5.32 Å². The lowest BCUT2D eigenvalue weighted by molar-refractivity contribution is -0.118. The third kappa shape index (κ3) is 5.49. The van der Waals surface area contributed by atoms with Crippen LogP contribution in [0.25, 0.3) is 16.6 Å². The predicted molar refractivity (Wildman–Crippen MR) is 139 cm³/mol. The van der Waals surface area contributed by atoms with Gasteiger partial charge in [-0.25, -0.2) is 4.98 Å². The first-order valence-electron chi connectivity index (χ1n) is 11.2. The Bertz CT molecular complexity index is 1420.